The number of hydrogen-bond donors (Lipinski definition) is 1. The third-order valence-electron chi connectivity index (χ3n) is 5.10. The van der Waals surface area contributed by atoms with Gasteiger partial charge in [-0.1, -0.05) is 18.2 Å². The standard InChI is InChI=1S/C21H22N2O6S/c1-30(26,27)11-8-17(23-13-14-4-2-3-5-16(14)21(23)25)20(24)22-15-6-7-18-19(12-15)29-10-9-28-18/h2-7,12,17H,8-11,13H2,1H3,(H,22,24). The molecule has 30 heavy (non-hydrogen) atoms. The first-order valence-corrected chi connectivity index (χ1v) is 11.6. The molecule has 0 saturated heterocycles. The van der Waals surface area contributed by atoms with Gasteiger partial charge in [-0.05, 0) is 30.2 Å². The lowest BCUT2D eigenvalue weighted by Gasteiger charge is -2.27. The Morgan fingerprint density at radius 3 is 2.60 bits per heavy atom. The Kier molecular flexibility index (Phi) is 5.38. The number of fused-ring (bicyclic) bond motifs is 2. The Balaban J connectivity index is 1.56. The molecule has 2 aliphatic rings. The normalized spacial score (nSPS) is 16.2. The van der Waals surface area contributed by atoms with Gasteiger partial charge in [0.15, 0.2) is 11.5 Å². The van der Waals surface area contributed by atoms with Crippen LogP contribution in [0.4, 0.5) is 5.69 Å². The number of nitrogens with zero attached hydrogens (tertiary/aromatic N) is 1. The van der Waals surface area contributed by atoms with Gasteiger partial charge in [-0.2, -0.15) is 0 Å². The molecule has 0 fully saturated rings. The van der Waals surface area contributed by atoms with Crippen molar-refractivity contribution < 1.29 is 27.5 Å². The van der Waals surface area contributed by atoms with E-state index >= 15 is 0 Å². The second-order valence-electron chi connectivity index (χ2n) is 7.37. The predicted octanol–water partition coefficient (Wildman–Crippen LogP) is 1.86. The van der Waals surface area contributed by atoms with Gasteiger partial charge in [0.2, 0.25) is 5.91 Å². The minimum absolute atomic E-state index is 0.00888. The summed E-state index contributed by atoms with van der Waals surface area (Å²) in [4.78, 5) is 27.4. The molecular formula is C21H22N2O6S. The Morgan fingerprint density at radius 1 is 1.13 bits per heavy atom. The first-order chi connectivity index (χ1) is 14.3. The summed E-state index contributed by atoms with van der Waals surface area (Å²) < 4.78 is 34.5. The van der Waals surface area contributed by atoms with Crippen molar-refractivity contribution in [2.24, 2.45) is 0 Å². The maximum Gasteiger partial charge on any atom is 0.255 e. The van der Waals surface area contributed by atoms with Crippen molar-refractivity contribution in [3.63, 3.8) is 0 Å². The van der Waals surface area contributed by atoms with E-state index in [2.05, 4.69) is 5.32 Å². The molecule has 0 aliphatic carbocycles. The van der Waals surface area contributed by atoms with Crippen LogP contribution in [0.1, 0.15) is 22.3 Å². The van der Waals surface area contributed by atoms with Gasteiger partial charge in [-0.25, -0.2) is 8.42 Å². The van der Waals surface area contributed by atoms with Crippen LogP contribution in [-0.2, 0) is 21.2 Å². The van der Waals surface area contributed by atoms with E-state index in [1.54, 1.807) is 30.3 Å². The predicted molar refractivity (Wildman–Crippen MR) is 110 cm³/mol. The van der Waals surface area contributed by atoms with Crippen molar-refractivity contribution in [2.45, 2.75) is 19.0 Å². The molecule has 4 rings (SSSR count). The molecule has 0 spiro atoms. The summed E-state index contributed by atoms with van der Waals surface area (Å²) in [5.41, 5.74) is 1.84. The van der Waals surface area contributed by atoms with Crippen molar-refractivity contribution in [3.8, 4) is 11.5 Å². The minimum Gasteiger partial charge on any atom is -0.486 e. The quantitative estimate of drug-likeness (QED) is 0.751. The Hall–Kier alpha value is -3.07. The number of sulfone groups is 1. The molecule has 2 aromatic carbocycles. The van der Waals surface area contributed by atoms with Gasteiger partial charge >= 0.3 is 0 Å². The maximum atomic E-state index is 13.1. The molecule has 1 atom stereocenters. The van der Waals surface area contributed by atoms with E-state index in [0.717, 1.165) is 11.8 Å². The average Bonchev–Trinajstić information content (AvgIpc) is 3.04. The first-order valence-electron chi connectivity index (χ1n) is 9.59. The number of benzene rings is 2. The lowest BCUT2D eigenvalue weighted by molar-refractivity contribution is -0.120. The van der Waals surface area contributed by atoms with Crippen LogP contribution in [-0.4, -0.2) is 56.4 Å². The number of nitrogens with one attached hydrogen (secondary N) is 1. The fourth-order valence-corrected chi connectivity index (χ4v) is 4.28. The molecule has 2 aliphatic heterocycles. The highest BCUT2D eigenvalue weighted by atomic mass is 32.2. The first kappa shape index (κ1) is 20.2. The lowest BCUT2D eigenvalue weighted by atomic mass is 10.1. The average molecular weight is 430 g/mol. The largest absolute Gasteiger partial charge is 0.486 e. The SMILES string of the molecule is CS(=O)(=O)CCC(C(=O)Nc1ccc2c(c1)OCCO2)N1Cc2ccccc2C1=O. The van der Waals surface area contributed by atoms with Crippen molar-refractivity contribution in [3.05, 3.63) is 53.6 Å². The summed E-state index contributed by atoms with van der Waals surface area (Å²) in [5.74, 6) is 0.194. The second kappa shape index (κ2) is 7.98. The summed E-state index contributed by atoms with van der Waals surface area (Å²) in [6.45, 7) is 1.14. The van der Waals surface area contributed by atoms with Gasteiger partial charge in [0.25, 0.3) is 5.91 Å². The van der Waals surface area contributed by atoms with Gasteiger partial charge in [0.05, 0.1) is 5.75 Å². The van der Waals surface area contributed by atoms with Gasteiger partial charge in [-0.3, -0.25) is 9.59 Å². The molecule has 2 aromatic rings. The number of hydrogen-bond acceptors (Lipinski definition) is 6. The van der Waals surface area contributed by atoms with Crippen LogP contribution in [0.3, 0.4) is 0 Å². The molecule has 0 aromatic heterocycles. The zero-order chi connectivity index (χ0) is 21.3. The van der Waals surface area contributed by atoms with Crippen LogP contribution >= 0.6 is 0 Å². The molecule has 1 N–H and O–H groups in total. The van der Waals surface area contributed by atoms with Gasteiger partial charge in [0, 0.05) is 30.1 Å². The second-order valence-corrected chi connectivity index (χ2v) is 9.63. The third-order valence-corrected chi connectivity index (χ3v) is 6.08. The monoisotopic (exact) mass is 430 g/mol. The Bertz CT molecular complexity index is 1100. The summed E-state index contributed by atoms with van der Waals surface area (Å²) in [6, 6.07) is 11.3. The molecule has 1 unspecified atom stereocenters. The van der Waals surface area contributed by atoms with E-state index in [-0.39, 0.29) is 24.6 Å². The third kappa shape index (κ3) is 4.25. The molecule has 8 nitrogen and oxygen atoms in total. The highest BCUT2D eigenvalue weighted by Gasteiger charge is 2.36. The number of ether oxygens (including phenoxy) is 2. The van der Waals surface area contributed by atoms with Gasteiger partial charge in [0.1, 0.15) is 29.1 Å². The van der Waals surface area contributed by atoms with Crippen molar-refractivity contribution in [1.82, 2.24) is 4.90 Å². The summed E-state index contributed by atoms with van der Waals surface area (Å²) in [7, 11) is -3.31. The van der Waals surface area contributed by atoms with Crippen molar-refractivity contribution in [1.29, 1.82) is 0 Å². The molecule has 0 saturated carbocycles. The zero-order valence-corrected chi connectivity index (χ0v) is 17.3. The Labute approximate surface area is 174 Å². The lowest BCUT2D eigenvalue weighted by Crippen LogP contribution is -2.45. The van der Waals surface area contributed by atoms with Crippen LogP contribution < -0.4 is 14.8 Å². The van der Waals surface area contributed by atoms with E-state index in [1.165, 1.54) is 4.90 Å². The van der Waals surface area contributed by atoms with Crippen LogP contribution in [0.2, 0.25) is 0 Å². The Morgan fingerprint density at radius 2 is 1.87 bits per heavy atom. The molecule has 9 heteroatoms. The van der Waals surface area contributed by atoms with Crippen molar-refractivity contribution >= 4 is 27.3 Å². The van der Waals surface area contributed by atoms with E-state index < -0.39 is 21.8 Å². The van der Waals surface area contributed by atoms with Gasteiger partial charge < -0.3 is 19.7 Å². The molecular weight excluding hydrogens is 408 g/mol. The van der Waals surface area contributed by atoms with Crippen molar-refractivity contribution in [2.75, 3.05) is 30.5 Å². The van der Waals surface area contributed by atoms with Gasteiger partial charge in [-0.15, -0.1) is 0 Å². The number of amides is 2. The summed E-state index contributed by atoms with van der Waals surface area (Å²) in [6.07, 6.45) is 1.12. The molecule has 2 amide bonds. The summed E-state index contributed by atoms with van der Waals surface area (Å²) >= 11 is 0. The smallest absolute Gasteiger partial charge is 0.255 e. The topological polar surface area (TPSA) is 102 Å². The van der Waals surface area contributed by atoms with E-state index in [0.29, 0.717) is 36.0 Å². The maximum absolute atomic E-state index is 13.1. The highest BCUT2D eigenvalue weighted by molar-refractivity contribution is 7.90. The summed E-state index contributed by atoms with van der Waals surface area (Å²) in [5, 5.41) is 2.79. The molecule has 0 radical (unpaired) electrons. The molecule has 158 valence electrons. The van der Waals surface area contributed by atoms with E-state index in [9.17, 15) is 18.0 Å². The van der Waals surface area contributed by atoms with Crippen LogP contribution in [0.5, 0.6) is 11.5 Å². The van der Waals surface area contributed by atoms with E-state index in [4.69, 9.17) is 9.47 Å². The zero-order valence-electron chi connectivity index (χ0n) is 16.5. The van der Waals surface area contributed by atoms with E-state index in [1.807, 2.05) is 12.1 Å². The number of carbonyl (C=O) groups is 2. The fraction of sp³-hybridized carbons (Fsp3) is 0.333. The van der Waals surface area contributed by atoms with Crippen LogP contribution in [0.15, 0.2) is 42.5 Å². The van der Waals surface area contributed by atoms with Crippen LogP contribution in [0, 0.1) is 0 Å². The minimum atomic E-state index is -3.31. The number of anilines is 1. The molecule has 0 bridgehead atoms. The van der Waals surface area contributed by atoms with Crippen LogP contribution in [0.25, 0.3) is 0 Å². The number of carbonyl (C=O) groups excluding carboxylic acids is 2. The number of rotatable bonds is 6. The highest BCUT2D eigenvalue weighted by Crippen LogP contribution is 2.33. The molecule has 2 heterocycles. The fourth-order valence-electron chi connectivity index (χ4n) is 3.63.